The summed E-state index contributed by atoms with van der Waals surface area (Å²) in [5.74, 6) is -3.66. The first-order valence-corrected chi connectivity index (χ1v) is 11.7. The van der Waals surface area contributed by atoms with Gasteiger partial charge in [0.2, 0.25) is 11.8 Å². The van der Waals surface area contributed by atoms with Gasteiger partial charge in [0.25, 0.3) is 5.91 Å². The van der Waals surface area contributed by atoms with E-state index in [2.05, 4.69) is 10.6 Å². The zero-order valence-corrected chi connectivity index (χ0v) is 20.1. The van der Waals surface area contributed by atoms with Gasteiger partial charge in [-0.1, -0.05) is 44.2 Å². The fraction of sp³-hybridized carbons (Fsp3) is 0.625. The molecule has 34 heavy (non-hydrogen) atoms. The van der Waals surface area contributed by atoms with Gasteiger partial charge in [0.1, 0.15) is 6.04 Å². The van der Waals surface area contributed by atoms with Crippen molar-refractivity contribution >= 4 is 17.7 Å². The van der Waals surface area contributed by atoms with Gasteiger partial charge in [0.05, 0.1) is 12.5 Å². The molecule has 5 N–H and O–H groups in total. The molecule has 10 nitrogen and oxygen atoms in total. The molecule has 0 bridgehead atoms. The lowest BCUT2D eigenvalue weighted by Crippen LogP contribution is -2.61. The van der Waals surface area contributed by atoms with Crippen molar-refractivity contribution in [1.29, 1.82) is 0 Å². The fourth-order valence-corrected chi connectivity index (χ4v) is 3.98. The number of hydrogen-bond donors (Lipinski definition) is 5. The zero-order chi connectivity index (χ0) is 25.1. The van der Waals surface area contributed by atoms with E-state index in [1.807, 2.05) is 44.2 Å². The highest BCUT2D eigenvalue weighted by atomic mass is 16.7. The lowest BCUT2D eigenvalue weighted by atomic mass is 9.80. The first-order chi connectivity index (χ1) is 16.2. The van der Waals surface area contributed by atoms with Gasteiger partial charge in [-0.15, -0.1) is 0 Å². The summed E-state index contributed by atoms with van der Waals surface area (Å²) < 4.78 is 11.2. The van der Waals surface area contributed by atoms with Crippen molar-refractivity contribution in [2.24, 2.45) is 11.8 Å². The number of hydrogen-bond acceptors (Lipinski definition) is 7. The lowest BCUT2D eigenvalue weighted by molar-refractivity contribution is -0.207. The molecule has 1 heterocycles. The molecule has 1 aromatic rings. The van der Waals surface area contributed by atoms with Crippen LogP contribution in [0.15, 0.2) is 30.3 Å². The van der Waals surface area contributed by atoms with Crippen LogP contribution in [0.5, 0.6) is 0 Å². The summed E-state index contributed by atoms with van der Waals surface area (Å²) in [6.07, 6.45) is 2.06. The van der Waals surface area contributed by atoms with Crippen LogP contribution in [0.2, 0.25) is 0 Å². The quantitative estimate of drug-likeness (QED) is 0.221. The average Bonchev–Trinajstić information content (AvgIpc) is 2.85. The molecule has 10 heteroatoms. The van der Waals surface area contributed by atoms with Gasteiger partial charge >= 0.3 is 0 Å². The molecule has 0 saturated carbocycles. The number of ether oxygens (including phenoxy) is 2. The molecule has 0 aliphatic carbocycles. The number of carbonyl (C=O) groups is 3. The second-order valence-corrected chi connectivity index (χ2v) is 9.02. The Bertz CT molecular complexity index is 799. The predicted molar refractivity (Wildman–Crippen MR) is 124 cm³/mol. The smallest absolute Gasteiger partial charge is 0.278 e. The topological polar surface area (TPSA) is 146 Å². The van der Waals surface area contributed by atoms with Gasteiger partial charge in [-0.3, -0.25) is 19.6 Å². The average molecular weight is 480 g/mol. The van der Waals surface area contributed by atoms with E-state index in [0.717, 1.165) is 18.4 Å². The van der Waals surface area contributed by atoms with Crippen LogP contribution in [0.25, 0.3) is 0 Å². The summed E-state index contributed by atoms with van der Waals surface area (Å²) in [4.78, 5) is 38.5. The van der Waals surface area contributed by atoms with Gasteiger partial charge in [0.15, 0.2) is 11.9 Å². The highest BCUT2D eigenvalue weighted by Crippen LogP contribution is 2.28. The molecule has 1 saturated heterocycles. The maximum absolute atomic E-state index is 13.4. The SMILES string of the molecule is CNC(=O)[C@H](Cc1ccccc1)NC(=O)[C@H](CC(C)C)[C@](O)(COC1CCCCO1)C(=O)NO. The third-order valence-electron chi connectivity index (χ3n) is 5.88. The Labute approximate surface area is 200 Å². The first-order valence-electron chi connectivity index (χ1n) is 11.7. The summed E-state index contributed by atoms with van der Waals surface area (Å²) in [6.45, 7) is 3.61. The zero-order valence-electron chi connectivity index (χ0n) is 20.1. The lowest BCUT2D eigenvalue weighted by Gasteiger charge is -2.36. The predicted octanol–water partition coefficient (Wildman–Crippen LogP) is 0.902. The van der Waals surface area contributed by atoms with Crippen molar-refractivity contribution < 1.29 is 34.2 Å². The molecular formula is C24H37N3O7. The number of nitrogens with one attached hydrogen (secondary N) is 3. The van der Waals surface area contributed by atoms with Crippen LogP contribution in [0.4, 0.5) is 0 Å². The third kappa shape index (κ3) is 7.76. The Hall–Kier alpha value is -2.53. The molecule has 1 aliphatic heterocycles. The maximum atomic E-state index is 13.4. The first kappa shape index (κ1) is 27.7. The van der Waals surface area contributed by atoms with Crippen molar-refractivity contribution in [1.82, 2.24) is 16.1 Å². The van der Waals surface area contributed by atoms with Crippen LogP contribution >= 0.6 is 0 Å². The molecule has 190 valence electrons. The Morgan fingerprint density at radius 3 is 2.44 bits per heavy atom. The molecule has 0 radical (unpaired) electrons. The monoisotopic (exact) mass is 479 g/mol. The minimum Gasteiger partial charge on any atom is -0.377 e. The van der Waals surface area contributed by atoms with Gasteiger partial charge in [-0.2, -0.15) is 0 Å². The fourth-order valence-electron chi connectivity index (χ4n) is 3.98. The number of carbonyl (C=O) groups excluding carboxylic acids is 3. The number of rotatable bonds is 12. The van der Waals surface area contributed by atoms with Crippen LogP contribution in [-0.4, -0.2) is 66.2 Å². The normalized spacial score (nSPS) is 19.5. The summed E-state index contributed by atoms with van der Waals surface area (Å²) in [6, 6.07) is 8.24. The van der Waals surface area contributed by atoms with E-state index >= 15 is 0 Å². The number of aliphatic hydroxyl groups is 1. The van der Waals surface area contributed by atoms with Gasteiger partial charge < -0.3 is 25.2 Å². The molecule has 4 atom stereocenters. The van der Waals surface area contributed by atoms with Crippen molar-refractivity contribution in [2.45, 2.75) is 63.9 Å². The van der Waals surface area contributed by atoms with Crippen LogP contribution in [0.1, 0.15) is 45.1 Å². The minimum absolute atomic E-state index is 0.0905. The Morgan fingerprint density at radius 1 is 1.18 bits per heavy atom. The highest BCUT2D eigenvalue weighted by molar-refractivity contribution is 5.94. The number of likely N-dealkylation sites (N-methyl/N-ethyl adjacent to an activating group) is 1. The summed E-state index contributed by atoms with van der Waals surface area (Å²) in [5.41, 5.74) is -0.0936. The molecule has 0 aromatic heterocycles. The second-order valence-electron chi connectivity index (χ2n) is 9.02. The van der Waals surface area contributed by atoms with Gasteiger partial charge in [0, 0.05) is 20.1 Å². The summed E-state index contributed by atoms with van der Waals surface area (Å²) >= 11 is 0. The Balaban J connectivity index is 2.27. The summed E-state index contributed by atoms with van der Waals surface area (Å²) in [5, 5.41) is 25.9. The van der Waals surface area contributed by atoms with Crippen molar-refractivity contribution in [3.05, 3.63) is 35.9 Å². The van der Waals surface area contributed by atoms with Crippen LogP contribution in [-0.2, 0) is 30.3 Å². The molecule has 0 spiro atoms. The van der Waals surface area contributed by atoms with Crippen LogP contribution in [0.3, 0.4) is 0 Å². The van der Waals surface area contributed by atoms with E-state index < -0.39 is 48.2 Å². The molecular weight excluding hydrogens is 442 g/mol. The van der Waals surface area contributed by atoms with Crippen LogP contribution in [0, 0.1) is 11.8 Å². The highest BCUT2D eigenvalue weighted by Gasteiger charge is 2.49. The number of amides is 3. The molecule has 1 aromatic carbocycles. The van der Waals surface area contributed by atoms with E-state index in [0.29, 0.717) is 13.0 Å². The molecule has 2 rings (SSSR count). The number of benzene rings is 1. The molecule has 3 amide bonds. The van der Waals surface area contributed by atoms with E-state index in [9.17, 15) is 24.7 Å². The molecule has 1 unspecified atom stereocenters. The number of hydroxylamine groups is 1. The molecule has 1 aliphatic rings. The van der Waals surface area contributed by atoms with Gasteiger partial charge in [-0.25, -0.2) is 5.48 Å². The Morgan fingerprint density at radius 2 is 1.88 bits per heavy atom. The van der Waals surface area contributed by atoms with Crippen molar-refractivity contribution in [3.63, 3.8) is 0 Å². The second kappa shape index (κ2) is 13.4. The summed E-state index contributed by atoms with van der Waals surface area (Å²) in [7, 11) is 1.46. The van der Waals surface area contributed by atoms with E-state index in [4.69, 9.17) is 9.47 Å². The molecule has 1 fully saturated rings. The largest absolute Gasteiger partial charge is 0.377 e. The van der Waals surface area contributed by atoms with E-state index in [1.54, 1.807) is 0 Å². The maximum Gasteiger partial charge on any atom is 0.278 e. The minimum atomic E-state index is -2.39. The van der Waals surface area contributed by atoms with E-state index in [1.165, 1.54) is 12.5 Å². The van der Waals surface area contributed by atoms with E-state index in [-0.39, 0.29) is 18.8 Å². The van der Waals surface area contributed by atoms with Crippen LogP contribution < -0.4 is 16.1 Å². The van der Waals surface area contributed by atoms with Crippen molar-refractivity contribution in [2.75, 3.05) is 20.3 Å². The van der Waals surface area contributed by atoms with Crippen molar-refractivity contribution in [3.8, 4) is 0 Å². The third-order valence-corrected chi connectivity index (χ3v) is 5.88. The standard InChI is InChI=1S/C24H37N3O7/c1-16(2)13-18(24(31,23(30)27-32)15-34-20-11-7-8-12-33-20)21(28)26-19(22(29)25-3)14-17-9-5-4-6-10-17/h4-6,9-10,16,18-20,31-32H,7-8,11-15H2,1-3H3,(H,25,29)(H,26,28)(H,27,30)/t18-,19-,20?,24+/m0/s1. The van der Waals surface area contributed by atoms with Gasteiger partial charge in [-0.05, 0) is 37.2 Å². The Kier molecular flexibility index (Phi) is 10.9.